The van der Waals surface area contributed by atoms with Crippen LogP contribution >= 0.6 is 0 Å². The lowest BCUT2D eigenvalue weighted by Crippen LogP contribution is -1.91. The van der Waals surface area contributed by atoms with Gasteiger partial charge >= 0.3 is 0 Å². The third-order valence-electron chi connectivity index (χ3n) is 3.40. The van der Waals surface area contributed by atoms with E-state index in [0.29, 0.717) is 0 Å². The van der Waals surface area contributed by atoms with E-state index in [4.69, 9.17) is 4.52 Å². The van der Waals surface area contributed by atoms with Crippen LogP contribution in [-0.4, -0.2) is 14.5 Å². The lowest BCUT2D eigenvalue weighted by Gasteiger charge is -2.03. The Morgan fingerprint density at radius 2 is 2.21 bits per heavy atom. The van der Waals surface area contributed by atoms with E-state index in [9.17, 15) is 0 Å². The molecule has 3 rings (SSSR count). The predicted octanol–water partition coefficient (Wildman–Crippen LogP) is 3.72. The second-order valence-corrected chi connectivity index (χ2v) is 4.74. The van der Waals surface area contributed by atoms with E-state index in [-0.39, 0.29) is 0 Å². The first-order valence-corrected chi connectivity index (χ1v) is 6.74. The van der Waals surface area contributed by atoms with Crippen LogP contribution in [0.2, 0.25) is 0 Å². The molecule has 0 atom stereocenters. The van der Waals surface area contributed by atoms with Crippen LogP contribution in [0.1, 0.15) is 31.9 Å². The maximum Gasteiger partial charge on any atom is 0.132 e. The van der Waals surface area contributed by atoms with Gasteiger partial charge in [-0.2, -0.15) is 0 Å². The molecule has 4 nitrogen and oxygen atoms in total. The van der Waals surface area contributed by atoms with Crippen LogP contribution in [0, 0.1) is 0 Å². The number of rotatable bonds is 5. The number of unbranched alkanes of at least 4 members (excludes halogenated alkanes) is 2. The topological polar surface area (TPSA) is 43.3 Å². The van der Waals surface area contributed by atoms with Gasteiger partial charge in [0.2, 0.25) is 0 Å². The summed E-state index contributed by atoms with van der Waals surface area (Å²) in [6, 6.07) is 4.11. The average molecular weight is 255 g/mol. The second-order valence-electron chi connectivity index (χ2n) is 4.74. The van der Waals surface area contributed by atoms with Crippen molar-refractivity contribution in [2.24, 2.45) is 0 Å². The molecule has 0 amide bonds. The van der Waals surface area contributed by atoms with Crippen LogP contribution in [-0.2, 0) is 6.42 Å². The molecular formula is C15H17N3O. The first-order valence-electron chi connectivity index (χ1n) is 6.74. The number of aromatic nitrogens is 3. The standard InChI is InChI=1S/C15H17N3O/c1-2-3-4-7-14-13(10-19-17-14)12-6-5-8-18-11-16-9-15(12)18/h5-6,8-11H,2-4,7H2,1H3. The van der Waals surface area contributed by atoms with E-state index in [1.165, 1.54) is 12.8 Å². The fourth-order valence-corrected chi connectivity index (χ4v) is 2.38. The summed E-state index contributed by atoms with van der Waals surface area (Å²) in [6.45, 7) is 2.21. The largest absolute Gasteiger partial charge is 0.364 e. The third kappa shape index (κ3) is 2.26. The van der Waals surface area contributed by atoms with Gasteiger partial charge in [-0.3, -0.25) is 0 Å². The molecule has 0 aliphatic rings. The minimum Gasteiger partial charge on any atom is -0.364 e. The van der Waals surface area contributed by atoms with Gasteiger partial charge in [-0.15, -0.1) is 0 Å². The fraction of sp³-hybridized carbons (Fsp3) is 0.333. The highest BCUT2D eigenvalue weighted by atomic mass is 16.5. The van der Waals surface area contributed by atoms with E-state index in [2.05, 4.69) is 23.1 Å². The summed E-state index contributed by atoms with van der Waals surface area (Å²) in [6.07, 6.45) is 12.0. The summed E-state index contributed by atoms with van der Waals surface area (Å²) in [5.74, 6) is 0. The highest BCUT2D eigenvalue weighted by molar-refractivity contribution is 5.80. The van der Waals surface area contributed by atoms with E-state index in [0.717, 1.165) is 35.2 Å². The van der Waals surface area contributed by atoms with Crippen molar-refractivity contribution in [3.8, 4) is 11.1 Å². The lowest BCUT2D eigenvalue weighted by atomic mass is 10.0. The molecule has 0 N–H and O–H groups in total. The number of hydrogen-bond acceptors (Lipinski definition) is 3. The van der Waals surface area contributed by atoms with Crippen molar-refractivity contribution in [1.82, 2.24) is 14.5 Å². The van der Waals surface area contributed by atoms with Crippen LogP contribution in [0.25, 0.3) is 16.6 Å². The van der Waals surface area contributed by atoms with Crippen molar-refractivity contribution in [2.75, 3.05) is 0 Å². The van der Waals surface area contributed by atoms with Crippen molar-refractivity contribution in [1.29, 1.82) is 0 Å². The Bertz CT molecular complexity index is 669. The summed E-state index contributed by atoms with van der Waals surface area (Å²) in [7, 11) is 0. The fourth-order valence-electron chi connectivity index (χ4n) is 2.38. The summed E-state index contributed by atoms with van der Waals surface area (Å²) in [4.78, 5) is 4.19. The van der Waals surface area contributed by atoms with Crippen molar-refractivity contribution < 1.29 is 4.52 Å². The van der Waals surface area contributed by atoms with Crippen LogP contribution in [0.4, 0.5) is 0 Å². The van der Waals surface area contributed by atoms with Gasteiger partial charge in [0.15, 0.2) is 0 Å². The molecule has 0 spiro atoms. The van der Waals surface area contributed by atoms with Crippen molar-refractivity contribution in [3.05, 3.63) is 42.8 Å². The maximum absolute atomic E-state index is 5.18. The summed E-state index contributed by atoms with van der Waals surface area (Å²) >= 11 is 0. The Hall–Kier alpha value is -2.10. The average Bonchev–Trinajstić information content (AvgIpc) is 3.07. The molecule has 0 aliphatic heterocycles. The van der Waals surface area contributed by atoms with Crippen LogP contribution in [0.15, 0.2) is 41.6 Å². The molecule has 0 saturated carbocycles. The van der Waals surface area contributed by atoms with Crippen molar-refractivity contribution >= 4 is 5.52 Å². The van der Waals surface area contributed by atoms with E-state index < -0.39 is 0 Å². The van der Waals surface area contributed by atoms with Crippen LogP contribution in [0.5, 0.6) is 0 Å². The van der Waals surface area contributed by atoms with Crippen LogP contribution in [0.3, 0.4) is 0 Å². The molecule has 3 aromatic rings. The molecule has 0 unspecified atom stereocenters. The minimum atomic E-state index is 0.967. The second kappa shape index (κ2) is 5.26. The Morgan fingerprint density at radius 1 is 1.26 bits per heavy atom. The summed E-state index contributed by atoms with van der Waals surface area (Å²) in [5.41, 5.74) is 4.35. The van der Waals surface area contributed by atoms with Gasteiger partial charge in [-0.25, -0.2) is 4.98 Å². The predicted molar refractivity (Wildman–Crippen MR) is 73.9 cm³/mol. The molecule has 0 saturated heterocycles. The van der Waals surface area contributed by atoms with Gasteiger partial charge in [-0.05, 0) is 18.9 Å². The zero-order valence-corrected chi connectivity index (χ0v) is 11.0. The molecular weight excluding hydrogens is 238 g/mol. The number of pyridine rings is 1. The van der Waals surface area contributed by atoms with E-state index in [1.807, 2.05) is 29.2 Å². The van der Waals surface area contributed by atoms with Gasteiger partial charge < -0.3 is 8.92 Å². The molecule has 0 fully saturated rings. The van der Waals surface area contributed by atoms with E-state index in [1.54, 1.807) is 6.26 Å². The zero-order chi connectivity index (χ0) is 13.1. The maximum atomic E-state index is 5.18. The first kappa shape index (κ1) is 12.0. The molecule has 0 bridgehead atoms. The van der Waals surface area contributed by atoms with Crippen molar-refractivity contribution in [3.63, 3.8) is 0 Å². The molecule has 19 heavy (non-hydrogen) atoms. The van der Waals surface area contributed by atoms with Gasteiger partial charge in [0.1, 0.15) is 6.26 Å². The molecule has 0 radical (unpaired) electrons. The van der Waals surface area contributed by atoms with E-state index >= 15 is 0 Å². The van der Waals surface area contributed by atoms with Gasteiger partial charge in [0, 0.05) is 17.3 Å². The smallest absolute Gasteiger partial charge is 0.132 e. The molecule has 0 aliphatic carbocycles. The van der Waals surface area contributed by atoms with Gasteiger partial charge in [0.25, 0.3) is 0 Å². The summed E-state index contributed by atoms with van der Waals surface area (Å²) < 4.78 is 7.19. The van der Waals surface area contributed by atoms with Crippen LogP contribution < -0.4 is 0 Å². The Morgan fingerprint density at radius 3 is 3.11 bits per heavy atom. The van der Waals surface area contributed by atoms with Gasteiger partial charge in [-0.1, -0.05) is 31.0 Å². The Balaban J connectivity index is 1.98. The Kier molecular flexibility index (Phi) is 3.31. The molecule has 98 valence electrons. The van der Waals surface area contributed by atoms with Gasteiger partial charge in [0.05, 0.1) is 23.7 Å². The monoisotopic (exact) mass is 255 g/mol. The quantitative estimate of drug-likeness (QED) is 0.652. The number of fused-ring (bicyclic) bond motifs is 1. The molecule has 3 aromatic heterocycles. The summed E-state index contributed by atoms with van der Waals surface area (Å²) in [5, 5.41) is 4.15. The number of hydrogen-bond donors (Lipinski definition) is 0. The first-order chi connectivity index (χ1) is 9.40. The highest BCUT2D eigenvalue weighted by Crippen LogP contribution is 2.28. The third-order valence-corrected chi connectivity index (χ3v) is 3.40. The lowest BCUT2D eigenvalue weighted by molar-refractivity contribution is 0.410. The molecule has 4 heteroatoms. The Labute approximate surface area is 112 Å². The number of imidazole rings is 1. The molecule has 3 heterocycles. The number of nitrogens with zero attached hydrogens (tertiary/aromatic N) is 3. The SMILES string of the molecule is CCCCCc1nocc1-c1cccn2cncc12. The highest BCUT2D eigenvalue weighted by Gasteiger charge is 2.12. The van der Waals surface area contributed by atoms with Crippen molar-refractivity contribution in [2.45, 2.75) is 32.6 Å². The zero-order valence-electron chi connectivity index (χ0n) is 11.0. The minimum absolute atomic E-state index is 0.967. The normalized spacial score (nSPS) is 11.2. The number of aryl methyl sites for hydroxylation is 1. The molecule has 0 aromatic carbocycles.